The zero-order valence-corrected chi connectivity index (χ0v) is 16.2. The summed E-state index contributed by atoms with van der Waals surface area (Å²) in [5.74, 6) is -2.05. The molecular formula is C23H27F2NO2. The first-order chi connectivity index (χ1) is 13.5. The summed E-state index contributed by atoms with van der Waals surface area (Å²) in [4.78, 5) is 0. The lowest BCUT2D eigenvalue weighted by Crippen LogP contribution is -2.17. The van der Waals surface area contributed by atoms with E-state index in [0.29, 0.717) is 5.75 Å². The minimum absolute atomic E-state index is 0.127. The summed E-state index contributed by atoms with van der Waals surface area (Å²) in [6.45, 7) is 2.98. The molecule has 1 aromatic heterocycles. The number of aryl methyl sites for hydroxylation is 1. The lowest BCUT2D eigenvalue weighted by molar-refractivity contribution is -0.0254. The molecule has 150 valence electrons. The van der Waals surface area contributed by atoms with Gasteiger partial charge >= 0.3 is 0 Å². The Balaban J connectivity index is 1.69. The lowest BCUT2D eigenvalue weighted by Gasteiger charge is -2.15. The van der Waals surface area contributed by atoms with Gasteiger partial charge in [0, 0.05) is 43.1 Å². The number of aliphatic hydroxyl groups is 1. The second kappa shape index (κ2) is 9.20. The van der Waals surface area contributed by atoms with Crippen molar-refractivity contribution in [1.29, 1.82) is 0 Å². The van der Waals surface area contributed by atoms with E-state index >= 15 is 0 Å². The Morgan fingerprint density at radius 1 is 1.00 bits per heavy atom. The fraction of sp³-hybridized carbons (Fsp3) is 0.391. The van der Waals surface area contributed by atoms with Crippen molar-refractivity contribution in [3.05, 3.63) is 54.6 Å². The van der Waals surface area contributed by atoms with Crippen LogP contribution in [0.1, 0.15) is 32.6 Å². The number of hydrogen-bond acceptors (Lipinski definition) is 2. The highest BCUT2D eigenvalue weighted by molar-refractivity contribution is 5.88. The number of benzene rings is 2. The van der Waals surface area contributed by atoms with Gasteiger partial charge in [-0.25, -0.2) is 8.78 Å². The zero-order chi connectivity index (χ0) is 20.0. The number of alkyl halides is 2. The summed E-state index contributed by atoms with van der Waals surface area (Å²) in [5, 5.41) is 9.82. The molecule has 0 aliphatic carbocycles. The predicted octanol–water partition coefficient (Wildman–Crippen LogP) is 5.90. The predicted molar refractivity (Wildman–Crippen MR) is 109 cm³/mol. The number of aliphatic hydroxyl groups excluding tert-OH is 1. The van der Waals surface area contributed by atoms with E-state index in [4.69, 9.17) is 9.84 Å². The Morgan fingerprint density at radius 2 is 1.75 bits per heavy atom. The van der Waals surface area contributed by atoms with Crippen LogP contribution in [-0.4, -0.2) is 28.8 Å². The minimum Gasteiger partial charge on any atom is -0.494 e. The second-order valence-electron chi connectivity index (χ2n) is 7.00. The van der Waals surface area contributed by atoms with Gasteiger partial charge < -0.3 is 14.4 Å². The van der Waals surface area contributed by atoms with Crippen LogP contribution < -0.4 is 4.74 Å². The van der Waals surface area contributed by atoms with Gasteiger partial charge in [-0.15, -0.1) is 0 Å². The molecule has 3 aromatic rings. The molecule has 0 atom stereocenters. The van der Waals surface area contributed by atoms with E-state index in [1.165, 1.54) is 0 Å². The number of aromatic nitrogens is 1. The molecule has 5 heteroatoms. The molecule has 0 fully saturated rings. The van der Waals surface area contributed by atoms with E-state index in [1.54, 1.807) is 0 Å². The molecule has 3 nitrogen and oxygen atoms in total. The first-order valence-corrected chi connectivity index (χ1v) is 9.84. The first-order valence-electron chi connectivity index (χ1n) is 9.84. The number of halogens is 2. The van der Waals surface area contributed by atoms with E-state index in [1.807, 2.05) is 36.4 Å². The van der Waals surface area contributed by atoms with Crippen LogP contribution in [0, 0.1) is 0 Å². The van der Waals surface area contributed by atoms with Crippen LogP contribution in [0.15, 0.2) is 54.6 Å². The molecule has 0 saturated heterocycles. The van der Waals surface area contributed by atoms with E-state index < -0.39 is 5.92 Å². The van der Waals surface area contributed by atoms with E-state index in [9.17, 15) is 8.78 Å². The van der Waals surface area contributed by atoms with Gasteiger partial charge in [-0.1, -0.05) is 30.3 Å². The number of hydrogen-bond donors (Lipinski definition) is 1. The molecule has 0 unspecified atom stereocenters. The summed E-state index contributed by atoms with van der Waals surface area (Å²) in [5.41, 5.74) is 3.39. The first kappa shape index (κ1) is 20.3. The van der Waals surface area contributed by atoms with Crippen LogP contribution in [0.4, 0.5) is 8.78 Å². The second-order valence-corrected chi connectivity index (χ2v) is 7.00. The van der Waals surface area contributed by atoms with Gasteiger partial charge in [-0.05, 0) is 43.5 Å². The zero-order valence-electron chi connectivity index (χ0n) is 16.2. The van der Waals surface area contributed by atoms with Crippen molar-refractivity contribution in [2.24, 2.45) is 0 Å². The van der Waals surface area contributed by atoms with Crippen LogP contribution in [0.2, 0.25) is 0 Å². The number of ether oxygens (including phenoxy) is 1. The van der Waals surface area contributed by atoms with Crippen molar-refractivity contribution in [3.63, 3.8) is 0 Å². The molecule has 1 heterocycles. The van der Waals surface area contributed by atoms with Crippen LogP contribution in [0.25, 0.3) is 22.2 Å². The van der Waals surface area contributed by atoms with Crippen molar-refractivity contribution in [2.45, 2.75) is 45.1 Å². The smallest absolute Gasteiger partial charge is 0.248 e. The molecule has 2 aromatic carbocycles. The molecule has 0 spiro atoms. The van der Waals surface area contributed by atoms with Gasteiger partial charge in [0.1, 0.15) is 5.75 Å². The van der Waals surface area contributed by atoms with Crippen LogP contribution in [-0.2, 0) is 6.54 Å². The summed E-state index contributed by atoms with van der Waals surface area (Å²) < 4.78 is 35.2. The number of fused-ring (bicyclic) bond motifs is 1. The highest BCUT2D eigenvalue weighted by Gasteiger charge is 2.27. The normalized spacial score (nSPS) is 11.9. The molecule has 0 amide bonds. The molecule has 1 N–H and O–H groups in total. The average molecular weight is 387 g/mol. The molecule has 0 aliphatic rings. The summed E-state index contributed by atoms with van der Waals surface area (Å²) >= 11 is 0. The standard InChI is InChI=1S/C23H27F2NO2/c1-2-26-21(18-8-4-3-5-9-18)16-19-10-11-20(17-22(19)26)28-15-7-13-23(24,25)12-6-14-27/h3-5,8-11,16-17,27H,2,6-7,12-15H2,1H3. The summed E-state index contributed by atoms with van der Waals surface area (Å²) in [6, 6.07) is 18.3. The monoisotopic (exact) mass is 387 g/mol. The van der Waals surface area contributed by atoms with E-state index in [0.717, 1.165) is 28.7 Å². The van der Waals surface area contributed by atoms with Crippen molar-refractivity contribution in [1.82, 2.24) is 4.57 Å². The quantitative estimate of drug-likeness (QED) is 0.440. The Labute approximate surface area is 164 Å². The van der Waals surface area contributed by atoms with Gasteiger partial charge in [-0.2, -0.15) is 0 Å². The van der Waals surface area contributed by atoms with Gasteiger partial charge in [-0.3, -0.25) is 0 Å². The molecular weight excluding hydrogens is 360 g/mol. The maximum atomic E-state index is 13.6. The molecule has 0 bridgehead atoms. The highest BCUT2D eigenvalue weighted by Crippen LogP contribution is 2.31. The fourth-order valence-electron chi connectivity index (χ4n) is 3.50. The largest absolute Gasteiger partial charge is 0.494 e. The Morgan fingerprint density at radius 3 is 2.46 bits per heavy atom. The van der Waals surface area contributed by atoms with E-state index in [-0.39, 0.29) is 38.9 Å². The Hall–Kier alpha value is -2.40. The van der Waals surface area contributed by atoms with Gasteiger partial charge in [0.25, 0.3) is 0 Å². The van der Waals surface area contributed by atoms with Gasteiger partial charge in [0.05, 0.1) is 12.1 Å². The molecule has 0 aliphatic heterocycles. The maximum Gasteiger partial charge on any atom is 0.248 e. The van der Waals surface area contributed by atoms with Crippen molar-refractivity contribution in [3.8, 4) is 17.0 Å². The third-order valence-corrected chi connectivity index (χ3v) is 4.92. The average Bonchev–Trinajstić information content (AvgIpc) is 3.08. The number of nitrogens with zero attached hydrogens (tertiary/aromatic N) is 1. The van der Waals surface area contributed by atoms with Gasteiger partial charge in [0.15, 0.2) is 0 Å². The Bertz CT molecular complexity index is 890. The fourth-order valence-corrected chi connectivity index (χ4v) is 3.50. The van der Waals surface area contributed by atoms with Crippen molar-refractivity contribution < 1.29 is 18.6 Å². The number of rotatable bonds is 10. The SMILES string of the molecule is CCn1c(-c2ccccc2)cc2ccc(OCCCC(F)(F)CCCO)cc21. The minimum atomic E-state index is -2.74. The van der Waals surface area contributed by atoms with Gasteiger partial charge in [0.2, 0.25) is 5.92 Å². The maximum absolute atomic E-state index is 13.6. The molecule has 28 heavy (non-hydrogen) atoms. The van der Waals surface area contributed by atoms with Crippen molar-refractivity contribution >= 4 is 10.9 Å². The van der Waals surface area contributed by atoms with Crippen LogP contribution >= 0.6 is 0 Å². The third kappa shape index (κ3) is 4.90. The topological polar surface area (TPSA) is 34.4 Å². The molecule has 3 rings (SSSR count). The lowest BCUT2D eigenvalue weighted by atomic mass is 10.1. The Kier molecular flexibility index (Phi) is 6.68. The van der Waals surface area contributed by atoms with Crippen LogP contribution in [0.5, 0.6) is 5.75 Å². The van der Waals surface area contributed by atoms with Crippen LogP contribution in [0.3, 0.4) is 0 Å². The van der Waals surface area contributed by atoms with E-state index in [2.05, 4.69) is 29.7 Å². The molecule has 0 saturated carbocycles. The third-order valence-electron chi connectivity index (χ3n) is 4.92. The summed E-state index contributed by atoms with van der Waals surface area (Å²) in [7, 11) is 0. The van der Waals surface area contributed by atoms with Crippen molar-refractivity contribution in [2.75, 3.05) is 13.2 Å². The summed E-state index contributed by atoms with van der Waals surface area (Å²) in [6.07, 6.45) is -0.0940. The molecule has 0 radical (unpaired) electrons. The highest BCUT2D eigenvalue weighted by atomic mass is 19.3.